The van der Waals surface area contributed by atoms with Crippen molar-refractivity contribution in [2.24, 2.45) is 22.7 Å². The van der Waals surface area contributed by atoms with Gasteiger partial charge in [-0.2, -0.15) is 13.2 Å². The number of nitrogens with zero attached hydrogens (tertiary/aromatic N) is 1. The number of hydrogen-bond acceptors (Lipinski definition) is 2. The smallest absolute Gasteiger partial charge is 0.290 e. The Morgan fingerprint density at radius 3 is 2.00 bits per heavy atom. The first-order valence-electron chi connectivity index (χ1n) is 7.00. The maximum atomic E-state index is 12.1. The molecule has 5 heteroatoms. The van der Waals surface area contributed by atoms with E-state index in [1.165, 1.54) is 25.5 Å². The van der Waals surface area contributed by atoms with E-state index >= 15 is 0 Å². The molecule has 19 heavy (non-hydrogen) atoms. The highest BCUT2D eigenvalue weighted by Gasteiger charge is 2.50. The van der Waals surface area contributed by atoms with Crippen molar-refractivity contribution in [1.29, 1.82) is 0 Å². The third-order valence-corrected chi connectivity index (χ3v) is 4.96. The summed E-state index contributed by atoms with van der Waals surface area (Å²) >= 11 is 0. The van der Waals surface area contributed by atoms with Gasteiger partial charge in [0.2, 0.25) is 5.78 Å². The van der Waals surface area contributed by atoms with Gasteiger partial charge in [-0.1, -0.05) is 0 Å². The zero-order valence-electron chi connectivity index (χ0n) is 10.7. The minimum Gasteiger partial charge on any atom is -0.290 e. The van der Waals surface area contributed by atoms with Crippen LogP contribution in [0.15, 0.2) is 4.99 Å². The third kappa shape index (κ3) is 2.56. The minimum atomic E-state index is -4.73. The van der Waals surface area contributed by atoms with Gasteiger partial charge in [0.25, 0.3) is 0 Å². The Morgan fingerprint density at radius 1 is 1.11 bits per heavy atom. The molecule has 0 amide bonds. The third-order valence-electron chi connectivity index (χ3n) is 4.96. The summed E-state index contributed by atoms with van der Waals surface area (Å²) in [4.78, 5) is 15.3. The standard InChI is InChI=1S/C14H18F3NO/c15-14(16,17)12(19)1-2-18-13-6-9-3-10(7-13)5-11(4-9)8-13/h2,9-11H,1,3-8H2. The molecular formula is C14H18F3NO. The molecule has 0 atom stereocenters. The number of Topliss-reactive ketones (excluding diaryl/α,β-unsaturated/α-hetero) is 1. The molecule has 0 radical (unpaired) electrons. The SMILES string of the molecule is O=C(CC=NC12CC3CC(CC(C3)C1)C2)C(F)(F)F. The molecular weight excluding hydrogens is 255 g/mol. The normalized spacial score (nSPS) is 41.1. The highest BCUT2D eigenvalue weighted by molar-refractivity contribution is 5.95. The molecule has 0 aliphatic heterocycles. The molecule has 4 aliphatic carbocycles. The second kappa shape index (κ2) is 4.32. The van der Waals surface area contributed by atoms with Crippen LogP contribution in [0.1, 0.15) is 44.9 Å². The van der Waals surface area contributed by atoms with Gasteiger partial charge in [-0.3, -0.25) is 9.79 Å². The van der Waals surface area contributed by atoms with Gasteiger partial charge in [-0.15, -0.1) is 0 Å². The lowest BCUT2D eigenvalue weighted by Crippen LogP contribution is -2.49. The summed E-state index contributed by atoms with van der Waals surface area (Å²) in [5.41, 5.74) is -0.138. The van der Waals surface area contributed by atoms with Gasteiger partial charge < -0.3 is 0 Å². The Kier molecular flexibility index (Phi) is 2.98. The summed E-state index contributed by atoms with van der Waals surface area (Å²) in [6, 6.07) is 0. The van der Waals surface area contributed by atoms with Crippen LogP contribution in [0.4, 0.5) is 13.2 Å². The molecule has 0 heterocycles. The van der Waals surface area contributed by atoms with E-state index < -0.39 is 18.4 Å². The van der Waals surface area contributed by atoms with E-state index in [-0.39, 0.29) is 5.54 Å². The van der Waals surface area contributed by atoms with Crippen LogP contribution in [-0.4, -0.2) is 23.7 Å². The molecule has 4 saturated carbocycles. The first-order chi connectivity index (χ1) is 8.86. The molecule has 2 nitrogen and oxygen atoms in total. The lowest BCUT2D eigenvalue weighted by Gasteiger charge is -2.55. The molecule has 0 spiro atoms. The van der Waals surface area contributed by atoms with Crippen molar-refractivity contribution in [1.82, 2.24) is 0 Å². The minimum absolute atomic E-state index is 0.138. The van der Waals surface area contributed by atoms with Crippen LogP contribution < -0.4 is 0 Å². The van der Waals surface area contributed by atoms with Gasteiger partial charge in [0, 0.05) is 6.21 Å². The molecule has 4 aliphatic rings. The summed E-state index contributed by atoms with van der Waals surface area (Å²) in [7, 11) is 0. The number of halogens is 3. The van der Waals surface area contributed by atoms with E-state index in [0.717, 1.165) is 19.3 Å². The van der Waals surface area contributed by atoms with Crippen molar-refractivity contribution >= 4 is 12.0 Å². The quantitative estimate of drug-likeness (QED) is 0.723. The lowest BCUT2D eigenvalue weighted by molar-refractivity contribution is -0.169. The molecule has 0 unspecified atom stereocenters. The lowest BCUT2D eigenvalue weighted by atomic mass is 9.53. The maximum Gasteiger partial charge on any atom is 0.450 e. The van der Waals surface area contributed by atoms with Crippen molar-refractivity contribution in [2.45, 2.75) is 56.7 Å². The van der Waals surface area contributed by atoms with Crippen LogP contribution in [0, 0.1) is 17.8 Å². The van der Waals surface area contributed by atoms with Crippen LogP contribution in [0.3, 0.4) is 0 Å². The fourth-order valence-corrected chi connectivity index (χ4v) is 4.66. The van der Waals surface area contributed by atoms with E-state index in [1.807, 2.05) is 0 Å². The van der Waals surface area contributed by atoms with Crippen molar-refractivity contribution in [3.05, 3.63) is 0 Å². The summed E-state index contributed by atoms with van der Waals surface area (Å²) in [6.07, 6.45) is 2.74. The number of carbonyl (C=O) groups excluding carboxylic acids is 1. The molecule has 4 bridgehead atoms. The van der Waals surface area contributed by atoms with Gasteiger partial charge in [0.1, 0.15) is 0 Å². The average molecular weight is 273 g/mol. The van der Waals surface area contributed by atoms with Crippen molar-refractivity contribution < 1.29 is 18.0 Å². The van der Waals surface area contributed by atoms with Gasteiger partial charge in [-0.05, 0) is 56.3 Å². The fourth-order valence-electron chi connectivity index (χ4n) is 4.66. The van der Waals surface area contributed by atoms with Crippen molar-refractivity contribution in [2.75, 3.05) is 0 Å². The fraction of sp³-hybridized carbons (Fsp3) is 0.857. The Hall–Kier alpha value is -0.870. The summed E-state index contributed by atoms with van der Waals surface area (Å²) < 4.78 is 36.4. The predicted octanol–water partition coefficient (Wildman–Crippen LogP) is 3.55. The zero-order chi connectivity index (χ0) is 13.7. The van der Waals surface area contributed by atoms with Crippen LogP contribution in [0.2, 0.25) is 0 Å². The molecule has 0 aromatic heterocycles. The summed E-state index contributed by atoms with van der Waals surface area (Å²) in [5.74, 6) is 0.436. The van der Waals surface area contributed by atoms with Crippen LogP contribution in [-0.2, 0) is 4.79 Å². The second-order valence-electron chi connectivity index (χ2n) is 6.58. The number of aliphatic imine (C=N–C) groups is 1. The monoisotopic (exact) mass is 273 g/mol. The molecule has 0 aromatic carbocycles. The predicted molar refractivity (Wildman–Crippen MR) is 65.1 cm³/mol. The molecule has 0 saturated heterocycles. The van der Waals surface area contributed by atoms with Gasteiger partial charge in [0.15, 0.2) is 0 Å². The topological polar surface area (TPSA) is 29.4 Å². The largest absolute Gasteiger partial charge is 0.450 e. The van der Waals surface area contributed by atoms with Gasteiger partial charge in [-0.25, -0.2) is 0 Å². The van der Waals surface area contributed by atoms with Crippen LogP contribution in [0.25, 0.3) is 0 Å². The van der Waals surface area contributed by atoms with Crippen molar-refractivity contribution in [3.8, 4) is 0 Å². The number of ketones is 1. The average Bonchev–Trinajstić information content (AvgIpc) is 2.25. The van der Waals surface area contributed by atoms with E-state index in [9.17, 15) is 18.0 Å². The summed E-state index contributed by atoms with van der Waals surface area (Å²) in [5, 5.41) is 0. The summed E-state index contributed by atoms with van der Waals surface area (Å²) in [6.45, 7) is 0. The van der Waals surface area contributed by atoms with E-state index in [2.05, 4.69) is 4.99 Å². The maximum absolute atomic E-state index is 12.1. The van der Waals surface area contributed by atoms with E-state index in [1.54, 1.807) is 0 Å². The molecule has 4 rings (SSSR count). The van der Waals surface area contributed by atoms with E-state index in [0.29, 0.717) is 17.8 Å². The van der Waals surface area contributed by atoms with Gasteiger partial charge in [0.05, 0.1) is 12.0 Å². The highest BCUT2D eigenvalue weighted by atomic mass is 19.4. The molecule has 106 valence electrons. The van der Waals surface area contributed by atoms with E-state index in [4.69, 9.17) is 0 Å². The second-order valence-corrected chi connectivity index (χ2v) is 6.58. The van der Waals surface area contributed by atoms with Gasteiger partial charge >= 0.3 is 6.18 Å². The highest BCUT2D eigenvalue weighted by Crippen LogP contribution is 2.57. The number of alkyl halides is 3. The molecule has 0 N–H and O–H groups in total. The van der Waals surface area contributed by atoms with Crippen LogP contribution in [0.5, 0.6) is 0 Å². The number of carbonyl (C=O) groups is 1. The van der Waals surface area contributed by atoms with Crippen LogP contribution >= 0.6 is 0 Å². The Balaban J connectivity index is 1.65. The Labute approximate surface area is 110 Å². The first-order valence-corrected chi connectivity index (χ1v) is 7.00. The van der Waals surface area contributed by atoms with Crippen molar-refractivity contribution in [3.63, 3.8) is 0 Å². The molecule has 0 aromatic rings. The first kappa shape index (κ1) is 13.1. The number of rotatable bonds is 3. The molecule has 4 fully saturated rings. The number of hydrogen-bond donors (Lipinski definition) is 0. The Bertz CT molecular complexity index is 378. The zero-order valence-corrected chi connectivity index (χ0v) is 10.7. The Morgan fingerprint density at radius 2 is 1.58 bits per heavy atom.